The summed E-state index contributed by atoms with van der Waals surface area (Å²) in [7, 11) is 1.37. The summed E-state index contributed by atoms with van der Waals surface area (Å²) in [5.74, 6) is -1.40. The standard InChI is InChI=1S/C36H33N5O4/c1-45-36(23-29-27-17-6-7-18-28(27)37-38-29)34(43)40(24-33(42)39-22-12-11-14-25-13-5-8-19-30(25)39)31-20-9-10-21-32(31)41(35(36)44)26-15-3-2-4-16-26/h2-10,13,15-21H,11-12,14,22-24H2,1H3,(H,37,38). The highest BCUT2D eigenvalue weighted by molar-refractivity contribution is 6.26. The maximum Gasteiger partial charge on any atom is 0.274 e. The number of ether oxygens (including phenoxy) is 1. The zero-order valence-corrected chi connectivity index (χ0v) is 25.0. The van der Waals surface area contributed by atoms with Crippen LogP contribution in [0.4, 0.5) is 22.7 Å². The second-order valence-corrected chi connectivity index (χ2v) is 11.4. The summed E-state index contributed by atoms with van der Waals surface area (Å²) in [5, 5.41) is 8.23. The van der Waals surface area contributed by atoms with E-state index in [0.29, 0.717) is 34.8 Å². The van der Waals surface area contributed by atoms with Crippen molar-refractivity contribution >= 4 is 51.4 Å². The summed E-state index contributed by atoms with van der Waals surface area (Å²) >= 11 is 0. The van der Waals surface area contributed by atoms with E-state index >= 15 is 0 Å². The number of para-hydroxylation sites is 5. The van der Waals surface area contributed by atoms with Gasteiger partial charge in [0.1, 0.15) is 6.54 Å². The van der Waals surface area contributed by atoms with Crippen molar-refractivity contribution in [1.29, 1.82) is 0 Å². The molecular weight excluding hydrogens is 566 g/mol. The van der Waals surface area contributed by atoms with Crippen LogP contribution < -0.4 is 14.7 Å². The molecule has 4 aromatic carbocycles. The van der Waals surface area contributed by atoms with Gasteiger partial charge in [-0.05, 0) is 61.2 Å². The molecule has 0 saturated carbocycles. The third-order valence-corrected chi connectivity index (χ3v) is 8.84. The van der Waals surface area contributed by atoms with Crippen LogP contribution in [0.5, 0.6) is 0 Å². The minimum Gasteiger partial charge on any atom is -0.359 e. The molecule has 3 amide bonds. The van der Waals surface area contributed by atoms with Gasteiger partial charge in [-0.25, -0.2) is 0 Å². The van der Waals surface area contributed by atoms with Crippen LogP contribution in [0.1, 0.15) is 24.1 Å². The topological polar surface area (TPSA) is 98.8 Å². The summed E-state index contributed by atoms with van der Waals surface area (Å²) in [5.41, 5.74) is 2.76. The first kappa shape index (κ1) is 28.5. The Labute approximate surface area is 261 Å². The van der Waals surface area contributed by atoms with Crippen molar-refractivity contribution in [2.24, 2.45) is 0 Å². The fourth-order valence-electron chi connectivity index (χ4n) is 6.55. The Morgan fingerprint density at radius 2 is 1.51 bits per heavy atom. The molecule has 45 heavy (non-hydrogen) atoms. The number of methoxy groups -OCH3 is 1. The van der Waals surface area contributed by atoms with Gasteiger partial charge in [0, 0.05) is 42.5 Å². The van der Waals surface area contributed by atoms with Gasteiger partial charge in [-0.15, -0.1) is 0 Å². The SMILES string of the molecule is COC1(Cc2[nH]nc3ccccc23)C(=O)N(CC(=O)N2CCCCc3ccccc32)c2ccccc2N(c2ccccc2)C1=O. The minimum atomic E-state index is -2.01. The Morgan fingerprint density at radius 3 is 2.31 bits per heavy atom. The van der Waals surface area contributed by atoms with Gasteiger partial charge < -0.3 is 9.64 Å². The van der Waals surface area contributed by atoms with Crippen LogP contribution in [0.15, 0.2) is 103 Å². The summed E-state index contributed by atoms with van der Waals surface area (Å²) in [6, 6.07) is 31.8. The van der Waals surface area contributed by atoms with Crippen molar-refractivity contribution in [3.05, 3.63) is 114 Å². The van der Waals surface area contributed by atoms with Gasteiger partial charge >= 0.3 is 0 Å². The van der Waals surface area contributed by atoms with Gasteiger partial charge in [0.2, 0.25) is 11.5 Å². The number of anilines is 4. The van der Waals surface area contributed by atoms with Crippen LogP contribution in [-0.4, -0.2) is 53.7 Å². The number of aromatic amines is 1. The molecule has 0 aliphatic carbocycles. The predicted molar refractivity (Wildman–Crippen MR) is 174 cm³/mol. The Balaban J connectivity index is 1.38. The van der Waals surface area contributed by atoms with Crippen molar-refractivity contribution in [3.63, 3.8) is 0 Å². The molecule has 9 heteroatoms. The smallest absolute Gasteiger partial charge is 0.274 e. The first-order valence-electron chi connectivity index (χ1n) is 15.2. The zero-order chi connectivity index (χ0) is 31.0. The number of aromatic nitrogens is 2. The maximum absolute atomic E-state index is 15.0. The Hall–Kier alpha value is -5.28. The molecule has 5 aromatic rings. The van der Waals surface area contributed by atoms with E-state index in [-0.39, 0.29) is 18.9 Å². The van der Waals surface area contributed by atoms with Crippen LogP contribution in [0.25, 0.3) is 10.9 Å². The lowest BCUT2D eigenvalue weighted by molar-refractivity contribution is -0.153. The lowest BCUT2D eigenvalue weighted by Gasteiger charge is -2.34. The van der Waals surface area contributed by atoms with Gasteiger partial charge in [-0.3, -0.25) is 29.3 Å². The first-order chi connectivity index (χ1) is 22.0. The number of H-pyrrole nitrogens is 1. The minimum absolute atomic E-state index is 0.115. The van der Waals surface area contributed by atoms with E-state index in [9.17, 15) is 14.4 Å². The summed E-state index contributed by atoms with van der Waals surface area (Å²) in [6.07, 6.45) is 2.59. The Morgan fingerprint density at radius 1 is 0.822 bits per heavy atom. The van der Waals surface area contributed by atoms with Crippen LogP contribution in [0.2, 0.25) is 0 Å². The van der Waals surface area contributed by atoms with E-state index in [1.807, 2.05) is 84.9 Å². The highest BCUT2D eigenvalue weighted by Crippen LogP contribution is 2.42. The second-order valence-electron chi connectivity index (χ2n) is 11.4. The number of amides is 3. The molecule has 3 heterocycles. The average Bonchev–Trinajstić information content (AvgIpc) is 3.32. The van der Waals surface area contributed by atoms with Crippen molar-refractivity contribution in [1.82, 2.24) is 10.2 Å². The van der Waals surface area contributed by atoms with Crippen LogP contribution >= 0.6 is 0 Å². The summed E-state index contributed by atoms with van der Waals surface area (Å²) in [6.45, 7) is 0.277. The number of nitrogens with zero attached hydrogens (tertiary/aromatic N) is 4. The molecule has 0 saturated heterocycles. The quantitative estimate of drug-likeness (QED) is 0.257. The molecule has 1 atom stereocenters. The van der Waals surface area contributed by atoms with Crippen LogP contribution in [0.3, 0.4) is 0 Å². The normalized spacial score (nSPS) is 18.4. The third-order valence-electron chi connectivity index (χ3n) is 8.84. The van der Waals surface area contributed by atoms with E-state index in [2.05, 4.69) is 10.2 Å². The number of hydrogen-bond donors (Lipinski definition) is 1. The van der Waals surface area contributed by atoms with E-state index in [1.165, 1.54) is 16.9 Å². The third kappa shape index (κ3) is 4.85. The monoisotopic (exact) mass is 599 g/mol. The molecule has 0 radical (unpaired) electrons. The van der Waals surface area contributed by atoms with Gasteiger partial charge in [-0.1, -0.05) is 66.7 Å². The second kappa shape index (κ2) is 11.7. The van der Waals surface area contributed by atoms with Crippen LogP contribution in [-0.2, 0) is 32.0 Å². The number of rotatable bonds is 6. The van der Waals surface area contributed by atoms with Crippen molar-refractivity contribution in [2.75, 3.05) is 34.9 Å². The first-order valence-corrected chi connectivity index (χ1v) is 15.2. The van der Waals surface area contributed by atoms with E-state index in [0.717, 1.165) is 35.9 Å². The van der Waals surface area contributed by atoms with Gasteiger partial charge in [0.15, 0.2) is 0 Å². The Kier molecular flexibility index (Phi) is 7.39. The van der Waals surface area contributed by atoms with Crippen molar-refractivity contribution in [3.8, 4) is 0 Å². The maximum atomic E-state index is 15.0. The molecule has 1 aromatic heterocycles. The van der Waals surface area contributed by atoms with E-state index in [1.54, 1.807) is 23.1 Å². The number of aryl methyl sites for hydroxylation is 1. The largest absolute Gasteiger partial charge is 0.359 e. The number of benzene rings is 4. The number of fused-ring (bicyclic) bond motifs is 3. The highest BCUT2D eigenvalue weighted by Gasteiger charge is 2.55. The zero-order valence-electron chi connectivity index (χ0n) is 25.0. The van der Waals surface area contributed by atoms with Crippen molar-refractivity contribution < 1.29 is 19.1 Å². The highest BCUT2D eigenvalue weighted by atomic mass is 16.5. The van der Waals surface area contributed by atoms with E-state index in [4.69, 9.17) is 4.74 Å². The fourth-order valence-corrected chi connectivity index (χ4v) is 6.55. The molecule has 0 fully saturated rings. The fraction of sp³-hybridized carbons (Fsp3) is 0.222. The molecule has 2 aliphatic heterocycles. The average molecular weight is 600 g/mol. The van der Waals surface area contributed by atoms with Crippen LogP contribution in [0, 0.1) is 0 Å². The molecule has 0 bridgehead atoms. The lowest BCUT2D eigenvalue weighted by Crippen LogP contribution is -2.60. The number of carbonyl (C=O) groups is 3. The summed E-state index contributed by atoms with van der Waals surface area (Å²) in [4.78, 5) is 48.9. The molecule has 226 valence electrons. The predicted octanol–water partition coefficient (Wildman–Crippen LogP) is 5.57. The van der Waals surface area contributed by atoms with Crippen molar-refractivity contribution in [2.45, 2.75) is 31.3 Å². The number of hydrogen-bond acceptors (Lipinski definition) is 5. The van der Waals surface area contributed by atoms with E-state index < -0.39 is 17.4 Å². The molecular formula is C36H33N5O4. The number of nitrogens with one attached hydrogen (secondary N) is 1. The van der Waals surface area contributed by atoms with Gasteiger partial charge in [-0.2, -0.15) is 5.10 Å². The van der Waals surface area contributed by atoms with Gasteiger partial charge in [0.05, 0.1) is 16.9 Å². The molecule has 7 rings (SSSR count). The lowest BCUT2D eigenvalue weighted by atomic mass is 9.92. The number of carbonyl (C=O) groups excluding carboxylic acids is 3. The van der Waals surface area contributed by atoms with Gasteiger partial charge in [0.25, 0.3) is 11.8 Å². The molecule has 9 nitrogen and oxygen atoms in total. The summed E-state index contributed by atoms with van der Waals surface area (Å²) < 4.78 is 6.07. The Bertz CT molecular complexity index is 1900. The molecule has 0 spiro atoms. The molecule has 1 unspecified atom stereocenters. The molecule has 1 N–H and O–H groups in total. The molecule has 2 aliphatic rings.